The Morgan fingerprint density at radius 1 is 0.825 bits per heavy atom. The van der Waals surface area contributed by atoms with Gasteiger partial charge in [0.25, 0.3) is 0 Å². The van der Waals surface area contributed by atoms with E-state index in [4.69, 9.17) is 4.99 Å². The van der Waals surface area contributed by atoms with Gasteiger partial charge in [-0.3, -0.25) is 4.99 Å². The van der Waals surface area contributed by atoms with Crippen molar-refractivity contribution in [3.05, 3.63) is 92.5 Å². The van der Waals surface area contributed by atoms with Crippen LogP contribution in [0.5, 0.6) is 0 Å². The van der Waals surface area contributed by atoms with Crippen molar-refractivity contribution in [3.8, 4) is 0 Å². The Labute approximate surface area is 245 Å². The maximum Gasteiger partial charge on any atom is 0.0817 e. The molecule has 3 heteroatoms. The van der Waals surface area contributed by atoms with Gasteiger partial charge in [0.1, 0.15) is 0 Å². The largest absolute Gasteiger partial charge is 0.388 e. The Bertz CT molecular complexity index is 1250. The second-order valence-electron chi connectivity index (χ2n) is 11.8. The Hall–Kier alpha value is -2.91. The van der Waals surface area contributed by atoms with Crippen LogP contribution < -0.4 is 0 Å². The average molecular weight is 543 g/mol. The third-order valence-electron chi connectivity index (χ3n) is 7.95. The monoisotopic (exact) mass is 542 g/mol. The number of nitrogens with one attached hydrogen (secondary N) is 1. The molecule has 2 heterocycles. The molecular formula is C37H54N2O. The number of aliphatic hydroxyl groups is 1. The summed E-state index contributed by atoms with van der Waals surface area (Å²) in [7, 11) is 0. The molecule has 1 aromatic rings. The van der Waals surface area contributed by atoms with Gasteiger partial charge in [-0.25, -0.2) is 0 Å². The van der Waals surface area contributed by atoms with Crippen LogP contribution in [-0.4, -0.2) is 21.9 Å². The van der Waals surface area contributed by atoms with Crippen molar-refractivity contribution in [3.63, 3.8) is 0 Å². The number of rotatable bonds is 15. The minimum absolute atomic E-state index is 0.535. The van der Waals surface area contributed by atoms with Crippen molar-refractivity contribution in [2.75, 3.05) is 0 Å². The number of allylic oxidation sites excluding steroid dienone is 9. The molecule has 0 aromatic carbocycles. The summed E-state index contributed by atoms with van der Waals surface area (Å²) in [5, 5.41) is 11.2. The number of hydrogen-bond acceptors (Lipinski definition) is 2. The Balaban J connectivity index is 1.87. The molecule has 0 unspecified atom stereocenters. The van der Waals surface area contributed by atoms with Crippen molar-refractivity contribution < 1.29 is 5.11 Å². The molecule has 0 amide bonds. The molecule has 0 aliphatic carbocycles. The summed E-state index contributed by atoms with van der Waals surface area (Å²) in [6, 6.07) is 0. The van der Waals surface area contributed by atoms with Gasteiger partial charge in [-0.15, -0.1) is 0 Å². The zero-order valence-corrected chi connectivity index (χ0v) is 26.8. The number of aromatic amines is 1. The fraction of sp³-hybridized carbons (Fsp3) is 0.486. The van der Waals surface area contributed by atoms with Gasteiger partial charge in [-0.05, 0) is 136 Å². The normalized spacial score (nSPS) is 16.6. The molecule has 2 N–H and O–H groups in total. The second kappa shape index (κ2) is 16.4. The molecule has 0 fully saturated rings. The first-order valence-electron chi connectivity index (χ1n) is 15.0. The van der Waals surface area contributed by atoms with Gasteiger partial charge >= 0.3 is 0 Å². The zero-order valence-electron chi connectivity index (χ0n) is 26.8. The molecule has 0 radical (unpaired) electrons. The molecule has 1 aromatic heterocycles. The standard InChI is InChI=1S/C37H54N2O/c1-11-33-30(8)34(39-32(33)10)24-35-37(29(7)31(9)38-35)36(40)23-15-22-28(6)21-14-20-27(5)19-13-18-26(4)17-12-16-25(2)3/h11,16,18,20,22,24,36,39-40H,1,12-15,17,19,21,23H2,2-10H3/b26-18+,27-20+,28-22+,35-24-/t36-/m0/s1. The van der Waals surface area contributed by atoms with E-state index in [2.05, 4.69) is 97.3 Å². The summed E-state index contributed by atoms with van der Waals surface area (Å²) in [6.45, 7) is 23.2. The van der Waals surface area contributed by atoms with Crippen molar-refractivity contribution in [2.45, 2.75) is 120 Å². The van der Waals surface area contributed by atoms with Gasteiger partial charge in [0.05, 0.1) is 11.8 Å². The molecule has 3 nitrogen and oxygen atoms in total. The molecule has 2 rings (SSSR count). The minimum atomic E-state index is -0.535. The van der Waals surface area contributed by atoms with E-state index in [9.17, 15) is 5.11 Å². The number of aryl methyl sites for hydroxylation is 1. The lowest BCUT2D eigenvalue weighted by atomic mass is 9.96. The highest BCUT2D eigenvalue weighted by Gasteiger charge is 2.24. The van der Waals surface area contributed by atoms with E-state index in [1.165, 1.54) is 22.3 Å². The Kier molecular flexibility index (Phi) is 13.6. The summed E-state index contributed by atoms with van der Waals surface area (Å²) in [5.41, 5.74) is 14.1. The summed E-state index contributed by atoms with van der Waals surface area (Å²) in [6.07, 6.45) is 21.1. The molecule has 40 heavy (non-hydrogen) atoms. The van der Waals surface area contributed by atoms with Crippen LogP contribution in [0.3, 0.4) is 0 Å². The van der Waals surface area contributed by atoms with E-state index >= 15 is 0 Å². The second-order valence-corrected chi connectivity index (χ2v) is 11.8. The first-order valence-corrected chi connectivity index (χ1v) is 15.0. The minimum Gasteiger partial charge on any atom is -0.388 e. The highest BCUT2D eigenvalue weighted by atomic mass is 16.3. The third kappa shape index (κ3) is 10.2. The van der Waals surface area contributed by atoms with E-state index in [-0.39, 0.29) is 0 Å². The first kappa shape index (κ1) is 33.3. The van der Waals surface area contributed by atoms with E-state index < -0.39 is 6.10 Å². The van der Waals surface area contributed by atoms with Crippen LogP contribution in [0.2, 0.25) is 0 Å². The maximum absolute atomic E-state index is 11.2. The van der Waals surface area contributed by atoms with Gasteiger partial charge in [0.2, 0.25) is 0 Å². The smallest absolute Gasteiger partial charge is 0.0817 e. The van der Waals surface area contributed by atoms with Crippen molar-refractivity contribution >= 4 is 17.9 Å². The summed E-state index contributed by atoms with van der Waals surface area (Å²) in [5.74, 6) is 0. The van der Waals surface area contributed by atoms with Crippen LogP contribution in [0.1, 0.15) is 122 Å². The summed E-state index contributed by atoms with van der Waals surface area (Å²) < 4.78 is 0. The molecule has 0 spiro atoms. The first-order chi connectivity index (χ1) is 18.9. The van der Waals surface area contributed by atoms with Gasteiger partial charge < -0.3 is 10.1 Å². The number of aliphatic hydroxyl groups excluding tert-OH is 1. The van der Waals surface area contributed by atoms with Crippen LogP contribution >= 0.6 is 0 Å². The Morgan fingerprint density at radius 2 is 1.35 bits per heavy atom. The average Bonchev–Trinajstić information content (AvgIpc) is 3.31. The fourth-order valence-electron chi connectivity index (χ4n) is 5.24. The van der Waals surface area contributed by atoms with E-state index in [0.29, 0.717) is 6.42 Å². The van der Waals surface area contributed by atoms with Crippen LogP contribution in [0, 0.1) is 13.8 Å². The van der Waals surface area contributed by atoms with Crippen molar-refractivity contribution in [1.82, 2.24) is 4.98 Å². The van der Waals surface area contributed by atoms with E-state index in [0.717, 1.165) is 90.0 Å². The van der Waals surface area contributed by atoms with Crippen LogP contribution in [-0.2, 0) is 0 Å². The van der Waals surface area contributed by atoms with Crippen LogP contribution in [0.15, 0.2) is 75.0 Å². The van der Waals surface area contributed by atoms with Gasteiger partial charge in [-0.2, -0.15) is 0 Å². The van der Waals surface area contributed by atoms with E-state index in [1.807, 2.05) is 13.0 Å². The van der Waals surface area contributed by atoms with Crippen LogP contribution in [0.25, 0.3) is 12.2 Å². The summed E-state index contributed by atoms with van der Waals surface area (Å²) >= 11 is 0. The van der Waals surface area contributed by atoms with Crippen molar-refractivity contribution in [1.29, 1.82) is 0 Å². The van der Waals surface area contributed by atoms with Crippen LogP contribution in [0.4, 0.5) is 0 Å². The molecule has 1 aliphatic rings. The van der Waals surface area contributed by atoms with Gasteiger partial charge in [-0.1, -0.05) is 59.3 Å². The van der Waals surface area contributed by atoms with E-state index in [1.54, 1.807) is 0 Å². The number of nitrogens with zero attached hydrogens (tertiary/aromatic N) is 1. The fourth-order valence-corrected chi connectivity index (χ4v) is 5.24. The highest BCUT2D eigenvalue weighted by molar-refractivity contribution is 6.03. The predicted octanol–water partition coefficient (Wildman–Crippen LogP) is 10.7. The lowest BCUT2D eigenvalue weighted by Gasteiger charge is -2.14. The molecular weight excluding hydrogens is 488 g/mol. The number of aliphatic imine (C=N–C) groups is 1. The van der Waals surface area contributed by atoms with Gasteiger partial charge in [0.15, 0.2) is 0 Å². The van der Waals surface area contributed by atoms with Crippen molar-refractivity contribution in [2.24, 2.45) is 4.99 Å². The lowest BCUT2D eigenvalue weighted by molar-refractivity contribution is 0.203. The lowest BCUT2D eigenvalue weighted by Crippen LogP contribution is -2.12. The number of hydrogen-bond donors (Lipinski definition) is 2. The molecule has 1 aliphatic heterocycles. The quantitative estimate of drug-likeness (QED) is 0.213. The highest BCUT2D eigenvalue weighted by Crippen LogP contribution is 2.33. The SMILES string of the molecule is C=Cc1c(C)[nH]c(/C=C2\N=C(C)C(C)=C2[C@@H](O)CC/C=C(\C)CC/C=C(\C)CC/C=C(\C)CCC=C(C)C)c1C. The molecule has 0 saturated heterocycles. The number of H-pyrrole nitrogens is 1. The molecule has 0 saturated carbocycles. The Morgan fingerprint density at radius 3 is 1.85 bits per heavy atom. The molecule has 0 bridgehead atoms. The van der Waals surface area contributed by atoms with Gasteiger partial charge in [0, 0.05) is 22.7 Å². The number of aromatic nitrogens is 1. The topological polar surface area (TPSA) is 48.4 Å². The maximum atomic E-state index is 11.2. The molecule has 218 valence electrons. The predicted molar refractivity (Wildman–Crippen MR) is 178 cm³/mol. The summed E-state index contributed by atoms with van der Waals surface area (Å²) in [4.78, 5) is 8.25. The molecule has 1 atom stereocenters. The third-order valence-corrected chi connectivity index (χ3v) is 7.95. The zero-order chi connectivity index (χ0) is 29.8.